The second kappa shape index (κ2) is 11.3. The van der Waals surface area contributed by atoms with E-state index in [1.807, 2.05) is 0 Å². The molecule has 0 aliphatic heterocycles. The van der Waals surface area contributed by atoms with E-state index >= 15 is 0 Å². The molecular formula is C23H14Cl3N5O7. The summed E-state index contributed by atoms with van der Waals surface area (Å²) in [6.07, 6.45) is 1.46. The van der Waals surface area contributed by atoms with Gasteiger partial charge in [-0.15, -0.1) is 0 Å². The Bertz CT molecular complexity index is 1560. The minimum Gasteiger partial charge on any atom is -0.470 e. The summed E-state index contributed by atoms with van der Waals surface area (Å²) in [5, 5.41) is 29.5. The summed E-state index contributed by atoms with van der Waals surface area (Å²) in [5.74, 6) is -0.213. The minimum absolute atomic E-state index is 0.0156. The fourth-order valence-corrected chi connectivity index (χ4v) is 3.79. The highest BCUT2D eigenvalue weighted by molar-refractivity contribution is 6.35. The number of nitrogens with zero attached hydrogens (tertiary/aromatic N) is 4. The van der Waals surface area contributed by atoms with Crippen molar-refractivity contribution in [3.63, 3.8) is 0 Å². The molecule has 0 atom stereocenters. The molecule has 0 fully saturated rings. The van der Waals surface area contributed by atoms with Crippen LogP contribution in [0.1, 0.15) is 10.5 Å². The van der Waals surface area contributed by atoms with Crippen molar-refractivity contribution in [3.05, 3.63) is 108 Å². The SMILES string of the molecule is O=C(Nc1cc(Oc2ccc(Cl)cc2Cl)cc([N+](=O)[O-])c1)c1ccn(COc2ccc([N+](=O)[O-])cc2Cl)n1. The first-order valence-corrected chi connectivity index (χ1v) is 11.6. The molecule has 4 aromatic rings. The molecule has 0 saturated heterocycles. The van der Waals surface area contributed by atoms with E-state index in [0.717, 1.165) is 12.1 Å². The minimum atomic E-state index is -0.659. The van der Waals surface area contributed by atoms with Crippen molar-refractivity contribution < 1.29 is 24.1 Å². The molecule has 0 aliphatic carbocycles. The van der Waals surface area contributed by atoms with Crippen LogP contribution in [0.5, 0.6) is 17.2 Å². The van der Waals surface area contributed by atoms with Gasteiger partial charge in [0, 0.05) is 35.5 Å². The number of benzene rings is 3. The number of aromatic nitrogens is 2. The van der Waals surface area contributed by atoms with Crippen molar-refractivity contribution in [1.82, 2.24) is 9.78 Å². The molecular weight excluding hydrogens is 565 g/mol. The topological polar surface area (TPSA) is 152 Å². The predicted octanol–water partition coefficient (Wildman–Crippen LogP) is 6.74. The van der Waals surface area contributed by atoms with Crippen LogP contribution in [0, 0.1) is 20.2 Å². The number of nitro benzene ring substituents is 2. The number of carbonyl (C=O) groups is 1. The lowest BCUT2D eigenvalue weighted by Crippen LogP contribution is -2.14. The molecule has 1 heterocycles. The molecule has 12 nitrogen and oxygen atoms in total. The maximum atomic E-state index is 12.7. The average molecular weight is 579 g/mol. The average Bonchev–Trinajstić information content (AvgIpc) is 3.34. The third-order valence-corrected chi connectivity index (χ3v) is 5.66. The molecule has 0 aliphatic rings. The number of halogens is 3. The Labute approximate surface area is 228 Å². The van der Waals surface area contributed by atoms with Crippen LogP contribution in [0.25, 0.3) is 0 Å². The summed E-state index contributed by atoms with van der Waals surface area (Å²) in [7, 11) is 0. The van der Waals surface area contributed by atoms with E-state index in [1.54, 1.807) is 6.07 Å². The Morgan fingerprint density at radius 2 is 1.61 bits per heavy atom. The fraction of sp³-hybridized carbons (Fsp3) is 0.0435. The van der Waals surface area contributed by atoms with Gasteiger partial charge in [0.1, 0.15) is 17.2 Å². The third kappa shape index (κ3) is 6.48. The van der Waals surface area contributed by atoms with E-state index in [4.69, 9.17) is 44.3 Å². The molecule has 1 N–H and O–H groups in total. The van der Waals surface area contributed by atoms with Crippen LogP contribution < -0.4 is 14.8 Å². The highest BCUT2D eigenvalue weighted by atomic mass is 35.5. The molecule has 0 unspecified atom stereocenters. The summed E-state index contributed by atoms with van der Waals surface area (Å²) in [5.41, 5.74) is -0.459. The van der Waals surface area contributed by atoms with Crippen LogP contribution in [0.4, 0.5) is 17.1 Å². The van der Waals surface area contributed by atoms with Crippen LogP contribution >= 0.6 is 34.8 Å². The lowest BCUT2D eigenvalue weighted by molar-refractivity contribution is -0.385. The van der Waals surface area contributed by atoms with Crippen molar-refractivity contribution in [2.45, 2.75) is 6.73 Å². The van der Waals surface area contributed by atoms with Crippen LogP contribution in [-0.2, 0) is 6.73 Å². The van der Waals surface area contributed by atoms with Gasteiger partial charge in [0.25, 0.3) is 17.3 Å². The number of non-ortho nitro benzene ring substituents is 2. The van der Waals surface area contributed by atoms with Gasteiger partial charge in [0.2, 0.25) is 0 Å². The number of rotatable bonds is 9. The number of hydrogen-bond acceptors (Lipinski definition) is 8. The molecule has 0 radical (unpaired) electrons. The summed E-state index contributed by atoms with van der Waals surface area (Å²) in [4.78, 5) is 33.8. The summed E-state index contributed by atoms with van der Waals surface area (Å²) >= 11 is 18.0. The number of anilines is 1. The number of nitro groups is 2. The van der Waals surface area contributed by atoms with Gasteiger partial charge in [0.05, 0.1) is 31.6 Å². The molecule has 194 valence electrons. The molecule has 0 bridgehead atoms. The number of ether oxygens (including phenoxy) is 2. The first kappa shape index (κ1) is 26.7. The lowest BCUT2D eigenvalue weighted by atomic mass is 10.2. The Morgan fingerprint density at radius 1 is 0.895 bits per heavy atom. The smallest absolute Gasteiger partial charge is 0.276 e. The molecule has 0 saturated carbocycles. The molecule has 38 heavy (non-hydrogen) atoms. The molecule has 3 aromatic carbocycles. The van der Waals surface area contributed by atoms with Crippen LogP contribution in [-0.4, -0.2) is 25.5 Å². The van der Waals surface area contributed by atoms with Gasteiger partial charge in [-0.3, -0.25) is 25.0 Å². The summed E-state index contributed by atoms with van der Waals surface area (Å²) in [6.45, 7) is -0.151. The largest absolute Gasteiger partial charge is 0.470 e. The fourth-order valence-electron chi connectivity index (χ4n) is 3.11. The zero-order chi connectivity index (χ0) is 27.4. The molecule has 1 amide bonds. The first-order chi connectivity index (χ1) is 18.1. The van der Waals surface area contributed by atoms with Crippen molar-refractivity contribution in [2.75, 3.05) is 5.32 Å². The Morgan fingerprint density at radius 3 is 2.29 bits per heavy atom. The highest BCUT2D eigenvalue weighted by Crippen LogP contribution is 2.35. The Hall–Kier alpha value is -4.39. The van der Waals surface area contributed by atoms with E-state index in [2.05, 4.69) is 10.4 Å². The second-order valence-electron chi connectivity index (χ2n) is 7.49. The third-order valence-electron chi connectivity index (χ3n) is 4.83. The Kier molecular flexibility index (Phi) is 7.96. The predicted molar refractivity (Wildman–Crippen MR) is 139 cm³/mol. The molecule has 4 rings (SSSR count). The monoisotopic (exact) mass is 577 g/mol. The van der Waals surface area contributed by atoms with Gasteiger partial charge in [-0.25, -0.2) is 4.68 Å². The van der Waals surface area contributed by atoms with Crippen LogP contribution in [0.2, 0.25) is 15.1 Å². The van der Waals surface area contributed by atoms with Gasteiger partial charge in [-0.1, -0.05) is 34.8 Å². The van der Waals surface area contributed by atoms with Crippen LogP contribution in [0.3, 0.4) is 0 Å². The highest BCUT2D eigenvalue weighted by Gasteiger charge is 2.17. The van der Waals surface area contributed by atoms with E-state index in [1.165, 1.54) is 53.3 Å². The number of hydrogen-bond donors (Lipinski definition) is 1. The van der Waals surface area contributed by atoms with E-state index < -0.39 is 15.8 Å². The summed E-state index contributed by atoms with van der Waals surface area (Å²) in [6, 6.07) is 13.3. The zero-order valence-corrected chi connectivity index (χ0v) is 21.1. The maximum absolute atomic E-state index is 12.7. The van der Waals surface area contributed by atoms with Crippen molar-refractivity contribution in [2.24, 2.45) is 0 Å². The van der Waals surface area contributed by atoms with Crippen molar-refractivity contribution in [1.29, 1.82) is 0 Å². The van der Waals surface area contributed by atoms with Gasteiger partial charge in [0.15, 0.2) is 12.4 Å². The number of nitrogens with one attached hydrogen (secondary N) is 1. The van der Waals surface area contributed by atoms with Gasteiger partial charge < -0.3 is 14.8 Å². The molecule has 15 heteroatoms. The number of amides is 1. The van der Waals surface area contributed by atoms with Crippen molar-refractivity contribution >= 4 is 57.8 Å². The standard InChI is InChI=1S/C23H14Cl3N5O7/c24-13-1-3-22(18(25)7-13)38-17-9-14(8-16(10-17)31(35)36)27-23(32)20-5-6-29(28-20)12-37-21-4-2-15(30(33)34)11-19(21)26/h1-11H,12H2,(H,27,32). The first-order valence-electron chi connectivity index (χ1n) is 10.4. The van der Waals surface area contributed by atoms with Crippen LogP contribution in [0.15, 0.2) is 66.9 Å². The lowest BCUT2D eigenvalue weighted by Gasteiger charge is -2.10. The van der Waals surface area contributed by atoms with E-state index in [-0.39, 0.29) is 56.8 Å². The van der Waals surface area contributed by atoms with Crippen molar-refractivity contribution in [3.8, 4) is 17.2 Å². The zero-order valence-electron chi connectivity index (χ0n) is 18.8. The molecule has 1 aromatic heterocycles. The molecule has 0 spiro atoms. The quantitative estimate of drug-likeness (QED) is 0.169. The maximum Gasteiger partial charge on any atom is 0.276 e. The number of carbonyl (C=O) groups excluding carboxylic acids is 1. The normalized spacial score (nSPS) is 10.6. The van der Waals surface area contributed by atoms with E-state index in [9.17, 15) is 25.0 Å². The van der Waals surface area contributed by atoms with Gasteiger partial charge in [-0.05, 0) is 30.3 Å². The van der Waals surface area contributed by atoms with E-state index in [0.29, 0.717) is 5.02 Å². The summed E-state index contributed by atoms with van der Waals surface area (Å²) < 4.78 is 12.5. The Balaban J connectivity index is 1.46. The second-order valence-corrected chi connectivity index (χ2v) is 8.74. The van der Waals surface area contributed by atoms with Gasteiger partial charge >= 0.3 is 0 Å². The van der Waals surface area contributed by atoms with Gasteiger partial charge in [-0.2, -0.15) is 5.10 Å².